The van der Waals surface area contributed by atoms with E-state index >= 15 is 0 Å². The molecule has 2 rings (SSSR count). The number of rotatable bonds is 6. The summed E-state index contributed by atoms with van der Waals surface area (Å²) in [5.41, 5.74) is 0. The fourth-order valence-electron chi connectivity index (χ4n) is 2.44. The van der Waals surface area contributed by atoms with E-state index in [0.717, 1.165) is 6.92 Å². The van der Waals surface area contributed by atoms with Gasteiger partial charge in [0.1, 0.15) is 36.4 Å². The van der Waals surface area contributed by atoms with Crippen LogP contribution in [0.2, 0.25) is 0 Å². The number of carbonyl (C=O) groups excluding carboxylic acids is 2. The van der Waals surface area contributed by atoms with Gasteiger partial charge in [-0.05, 0) is 24.3 Å². The summed E-state index contributed by atoms with van der Waals surface area (Å²) in [7, 11) is 1.52. The number of hydrogen-bond acceptors (Lipinski definition) is 9. The number of aliphatic hydroxyl groups excluding tert-OH is 2. The van der Waals surface area contributed by atoms with Crippen molar-refractivity contribution in [3.05, 3.63) is 24.3 Å². The predicted molar refractivity (Wildman–Crippen MR) is 86.5 cm³/mol. The summed E-state index contributed by atoms with van der Waals surface area (Å²) in [5.74, 6) is -0.263. The van der Waals surface area contributed by atoms with Crippen molar-refractivity contribution in [1.82, 2.24) is 0 Å². The van der Waals surface area contributed by atoms with E-state index in [-0.39, 0.29) is 6.61 Å². The van der Waals surface area contributed by atoms with Gasteiger partial charge in [-0.3, -0.25) is 9.59 Å². The Balaban J connectivity index is 2.17. The molecule has 9 nitrogen and oxygen atoms in total. The summed E-state index contributed by atoms with van der Waals surface area (Å²) in [6.07, 6.45) is -6.46. The number of ether oxygens (including phenoxy) is 5. The summed E-state index contributed by atoms with van der Waals surface area (Å²) < 4.78 is 26.2. The highest BCUT2D eigenvalue weighted by Gasteiger charge is 2.48. The van der Waals surface area contributed by atoms with E-state index in [9.17, 15) is 19.8 Å². The van der Waals surface area contributed by atoms with Gasteiger partial charge in [-0.2, -0.15) is 0 Å². The Hall–Kier alpha value is -2.36. The van der Waals surface area contributed by atoms with E-state index in [1.54, 1.807) is 24.3 Å². The Morgan fingerprint density at radius 3 is 2.19 bits per heavy atom. The first-order valence-electron chi connectivity index (χ1n) is 7.94. The van der Waals surface area contributed by atoms with Gasteiger partial charge in [0.2, 0.25) is 6.29 Å². The summed E-state index contributed by atoms with van der Waals surface area (Å²) in [6.45, 7) is 2.08. The normalized spacial score (nSPS) is 28.1. The fourth-order valence-corrected chi connectivity index (χ4v) is 2.44. The van der Waals surface area contributed by atoms with E-state index in [1.807, 2.05) is 0 Å². The van der Waals surface area contributed by atoms with Crippen molar-refractivity contribution < 1.29 is 43.5 Å². The number of aliphatic hydroxyl groups is 2. The molecule has 9 heteroatoms. The van der Waals surface area contributed by atoms with Crippen LogP contribution in [0.4, 0.5) is 0 Å². The second-order valence-electron chi connectivity index (χ2n) is 5.69. The maximum absolute atomic E-state index is 11.3. The predicted octanol–water partition coefficient (Wildman–Crippen LogP) is 0.0155. The highest BCUT2D eigenvalue weighted by molar-refractivity contribution is 5.66. The van der Waals surface area contributed by atoms with Crippen LogP contribution in [0.15, 0.2) is 24.3 Å². The number of methoxy groups -OCH3 is 1. The maximum atomic E-state index is 11.3. The summed E-state index contributed by atoms with van der Waals surface area (Å²) >= 11 is 0. The van der Waals surface area contributed by atoms with Crippen molar-refractivity contribution in [2.75, 3.05) is 13.7 Å². The molecule has 144 valence electrons. The molecule has 2 N–H and O–H groups in total. The smallest absolute Gasteiger partial charge is 0.303 e. The van der Waals surface area contributed by atoms with Gasteiger partial charge in [-0.15, -0.1) is 0 Å². The Labute approximate surface area is 150 Å². The van der Waals surface area contributed by atoms with Gasteiger partial charge < -0.3 is 33.9 Å². The van der Waals surface area contributed by atoms with Gasteiger partial charge in [0.15, 0.2) is 6.10 Å². The number of hydrogen-bond donors (Lipinski definition) is 2. The molecule has 0 bridgehead atoms. The molecule has 0 radical (unpaired) electrons. The minimum Gasteiger partial charge on any atom is -0.497 e. The molecule has 5 atom stereocenters. The lowest BCUT2D eigenvalue weighted by atomic mass is 9.99. The molecule has 1 aliphatic rings. The molecule has 1 aromatic carbocycles. The zero-order chi connectivity index (χ0) is 19.3. The van der Waals surface area contributed by atoms with Crippen molar-refractivity contribution in [1.29, 1.82) is 0 Å². The van der Waals surface area contributed by atoms with E-state index in [2.05, 4.69) is 0 Å². The third kappa shape index (κ3) is 5.07. The zero-order valence-corrected chi connectivity index (χ0v) is 14.7. The third-order valence-corrected chi connectivity index (χ3v) is 3.71. The molecule has 0 spiro atoms. The number of esters is 2. The van der Waals surface area contributed by atoms with Gasteiger partial charge in [-0.25, -0.2) is 0 Å². The lowest BCUT2D eigenvalue weighted by molar-refractivity contribution is -0.282. The van der Waals surface area contributed by atoms with E-state index < -0.39 is 42.6 Å². The second-order valence-corrected chi connectivity index (χ2v) is 5.69. The molecule has 1 fully saturated rings. The fraction of sp³-hybridized carbons (Fsp3) is 0.529. The van der Waals surface area contributed by atoms with Crippen LogP contribution in [0, 0.1) is 0 Å². The first-order valence-corrected chi connectivity index (χ1v) is 7.94. The zero-order valence-electron chi connectivity index (χ0n) is 14.7. The van der Waals surface area contributed by atoms with Crippen LogP contribution in [0.1, 0.15) is 13.8 Å². The Morgan fingerprint density at radius 1 is 1.04 bits per heavy atom. The molecule has 0 saturated carbocycles. The molecule has 5 unspecified atom stereocenters. The summed E-state index contributed by atoms with van der Waals surface area (Å²) in [4.78, 5) is 22.3. The standard InChI is InChI=1S/C17H22O9/c1-9(18)23-8-13-14(20)15(21)16(24-10(2)19)17(26-13)25-12-6-4-11(22-3)5-7-12/h4-7,13-17,20-21H,8H2,1-3H3. The Morgan fingerprint density at radius 2 is 1.65 bits per heavy atom. The quantitative estimate of drug-likeness (QED) is 0.667. The van der Waals surface area contributed by atoms with Crippen LogP contribution < -0.4 is 9.47 Å². The van der Waals surface area contributed by atoms with Crippen molar-refractivity contribution >= 4 is 11.9 Å². The third-order valence-electron chi connectivity index (χ3n) is 3.71. The molecule has 1 saturated heterocycles. The van der Waals surface area contributed by atoms with Crippen LogP contribution in [0.3, 0.4) is 0 Å². The van der Waals surface area contributed by atoms with Gasteiger partial charge in [0, 0.05) is 13.8 Å². The monoisotopic (exact) mass is 370 g/mol. The van der Waals surface area contributed by atoms with E-state index in [4.69, 9.17) is 23.7 Å². The number of carbonyl (C=O) groups is 2. The highest BCUT2D eigenvalue weighted by Crippen LogP contribution is 2.27. The average molecular weight is 370 g/mol. The topological polar surface area (TPSA) is 121 Å². The van der Waals surface area contributed by atoms with Crippen molar-refractivity contribution in [2.45, 2.75) is 44.6 Å². The van der Waals surface area contributed by atoms with Crippen molar-refractivity contribution in [3.8, 4) is 11.5 Å². The average Bonchev–Trinajstić information content (AvgIpc) is 2.60. The molecule has 0 aliphatic carbocycles. The first-order chi connectivity index (χ1) is 12.3. The molecular formula is C17H22O9. The van der Waals surface area contributed by atoms with Crippen molar-refractivity contribution in [3.63, 3.8) is 0 Å². The summed E-state index contributed by atoms with van der Waals surface area (Å²) in [5, 5.41) is 20.5. The second kappa shape index (κ2) is 8.84. The van der Waals surface area contributed by atoms with Gasteiger partial charge in [0.25, 0.3) is 0 Å². The highest BCUT2D eigenvalue weighted by atomic mass is 16.7. The molecule has 1 aromatic rings. The van der Waals surface area contributed by atoms with Crippen LogP contribution in [0.5, 0.6) is 11.5 Å². The SMILES string of the molecule is COc1ccc(OC2OC(COC(C)=O)C(O)C(O)C2OC(C)=O)cc1. The van der Waals surface area contributed by atoms with Gasteiger partial charge in [-0.1, -0.05) is 0 Å². The van der Waals surface area contributed by atoms with Crippen LogP contribution in [-0.2, 0) is 23.8 Å². The van der Waals surface area contributed by atoms with Crippen LogP contribution >= 0.6 is 0 Å². The minimum absolute atomic E-state index is 0.289. The maximum Gasteiger partial charge on any atom is 0.303 e. The Bertz CT molecular complexity index is 613. The molecular weight excluding hydrogens is 348 g/mol. The van der Waals surface area contributed by atoms with Crippen molar-refractivity contribution in [2.24, 2.45) is 0 Å². The largest absolute Gasteiger partial charge is 0.497 e. The van der Waals surface area contributed by atoms with Gasteiger partial charge in [0.05, 0.1) is 7.11 Å². The molecule has 0 amide bonds. The summed E-state index contributed by atoms with van der Waals surface area (Å²) in [6, 6.07) is 6.51. The number of benzene rings is 1. The molecule has 26 heavy (non-hydrogen) atoms. The van der Waals surface area contributed by atoms with Crippen LogP contribution in [0.25, 0.3) is 0 Å². The Kier molecular flexibility index (Phi) is 6.78. The lowest BCUT2D eigenvalue weighted by Crippen LogP contribution is -2.61. The molecule has 1 aliphatic heterocycles. The molecule has 1 heterocycles. The minimum atomic E-state index is -1.49. The van der Waals surface area contributed by atoms with E-state index in [0.29, 0.717) is 11.5 Å². The van der Waals surface area contributed by atoms with Crippen LogP contribution in [-0.4, -0.2) is 66.6 Å². The van der Waals surface area contributed by atoms with E-state index in [1.165, 1.54) is 14.0 Å². The first kappa shape index (κ1) is 20.0. The van der Waals surface area contributed by atoms with Gasteiger partial charge >= 0.3 is 11.9 Å². The molecule has 0 aromatic heterocycles. The lowest BCUT2D eigenvalue weighted by Gasteiger charge is -2.41.